The summed E-state index contributed by atoms with van der Waals surface area (Å²) < 4.78 is 14.3. The van der Waals surface area contributed by atoms with E-state index in [4.69, 9.17) is 5.73 Å². The molecule has 0 unspecified atom stereocenters. The Hall–Kier alpha value is -1.43. The second-order valence-electron chi connectivity index (χ2n) is 4.67. The van der Waals surface area contributed by atoms with Gasteiger partial charge >= 0.3 is 0 Å². The number of primary amides is 1. The second-order valence-corrected chi connectivity index (χ2v) is 5.59. The lowest BCUT2D eigenvalue weighted by Crippen LogP contribution is -2.40. The largest absolute Gasteiger partial charge is 0.368 e. The number of carbonyl (C=O) groups excluding carboxylic acids is 2. The van der Waals surface area contributed by atoms with Crippen molar-refractivity contribution in [3.05, 3.63) is 34.1 Å². The maximum absolute atomic E-state index is 13.7. The molecular formula is C13H16BrFN2O2. The van der Waals surface area contributed by atoms with Crippen LogP contribution >= 0.6 is 15.9 Å². The molecule has 0 atom stereocenters. The summed E-state index contributed by atoms with van der Waals surface area (Å²) in [6, 6.07) is 4.11. The zero-order valence-electron chi connectivity index (χ0n) is 10.8. The van der Waals surface area contributed by atoms with Crippen molar-refractivity contribution < 1.29 is 14.0 Å². The molecule has 0 saturated heterocycles. The van der Waals surface area contributed by atoms with Gasteiger partial charge in [0.05, 0.1) is 12.1 Å². The third kappa shape index (κ3) is 4.63. The Bertz CT molecular complexity index is 492. The van der Waals surface area contributed by atoms with Crippen LogP contribution in [0.3, 0.4) is 0 Å². The first-order valence-electron chi connectivity index (χ1n) is 5.84. The van der Waals surface area contributed by atoms with Gasteiger partial charge in [0.1, 0.15) is 5.82 Å². The number of benzene rings is 1. The Morgan fingerprint density at radius 3 is 2.58 bits per heavy atom. The number of nitrogens with two attached hydrogens (primary N) is 1. The molecule has 0 aliphatic rings. The van der Waals surface area contributed by atoms with E-state index in [1.54, 1.807) is 0 Å². The summed E-state index contributed by atoms with van der Waals surface area (Å²) in [6.45, 7) is 3.92. The van der Waals surface area contributed by atoms with Gasteiger partial charge < -0.3 is 10.6 Å². The predicted octanol–water partition coefficient (Wildman–Crippen LogP) is 2.17. The van der Waals surface area contributed by atoms with Gasteiger partial charge in [0.25, 0.3) is 5.91 Å². The molecule has 0 spiro atoms. The molecule has 0 saturated carbocycles. The number of rotatable bonds is 5. The minimum atomic E-state index is -0.621. The average Bonchev–Trinajstić information content (AvgIpc) is 2.29. The molecule has 104 valence electrons. The molecule has 1 aromatic carbocycles. The molecule has 0 radical (unpaired) electrons. The number of halogens is 2. The molecule has 4 nitrogen and oxygen atoms in total. The van der Waals surface area contributed by atoms with Crippen LogP contribution in [0.15, 0.2) is 22.7 Å². The number of amides is 2. The van der Waals surface area contributed by atoms with E-state index >= 15 is 0 Å². The van der Waals surface area contributed by atoms with Crippen LogP contribution in [0.2, 0.25) is 0 Å². The number of nitrogens with zero attached hydrogens (tertiary/aromatic N) is 1. The fourth-order valence-electron chi connectivity index (χ4n) is 1.68. The van der Waals surface area contributed by atoms with Crippen LogP contribution in [0.4, 0.5) is 4.39 Å². The fraction of sp³-hybridized carbons (Fsp3) is 0.385. The van der Waals surface area contributed by atoms with Crippen LogP contribution in [0, 0.1) is 11.7 Å². The zero-order chi connectivity index (χ0) is 14.6. The van der Waals surface area contributed by atoms with Crippen LogP contribution in [-0.4, -0.2) is 29.8 Å². The van der Waals surface area contributed by atoms with E-state index in [9.17, 15) is 14.0 Å². The monoisotopic (exact) mass is 330 g/mol. The number of hydrogen-bond donors (Lipinski definition) is 1. The van der Waals surface area contributed by atoms with Gasteiger partial charge in [-0.3, -0.25) is 9.59 Å². The van der Waals surface area contributed by atoms with Crippen molar-refractivity contribution in [2.75, 3.05) is 13.1 Å². The standard InChI is InChI=1S/C13H16BrFN2O2/c1-8(2)6-17(7-12(16)18)13(19)10-5-9(14)3-4-11(10)15/h3-5,8H,6-7H2,1-2H3,(H2,16,18). The minimum Gasteiger partial charge on any atom is -0.368 e. The summed E-state index contributed by atoms with van der Waals surface area (Å²) in [5.41, 5.74) is 5.04. The Morgan fingerprint density at radius 2 is 2.05 bits per heavy atom. The molecule has 0 heterocycles. The predicted molar refractivity (Wildman–Crippen MR) is 74.0 cm³/mol. The first kappa shape index (κ1) is 15.6. The Kier molecular flexibility index (Phi) is 5.47. The average molecular weight is 331 g/mol. The Balaban J connectivity index is 3.03. The highest BCUT2D eigenvalue weighted by Crippen LogP contribution is 2.17. The van der Waals surface area contributed by atoms with Crippen LogP contribution in [-0.2, 0) is 4.79 Å². The smallest absolute Gasteiger partial charge is 0.257 e. The number of carbonyl (C=O) groups is 2. The second kappa shape index (κ2) is 6.65. The van der Waals surface area contributed by atoms with Gasteiger partial charge in [0.2, 0.25) is 5.91 Å². The van der Waals surface area contributed by atoms with Gasteiger partial charge in [-0.05, 0) is 24.1 Å². The summed E-state index contributed by atoms with van der Waals surface area (Å²) in [5.74, 6) is -1.62. The van der Waals surface area contributed by atoms with Crippen LogP contribution in [0.1, 0.15) is 24.2 Å². The SMILES string of the molecule is CC(C)CN(CC(N)=O)C(=O)c1cc(Br)ccc1F. The molecule has 0 aliphatic carbocycles. The van der Waals surface area contributed by atoms with E-state index in [1.165, 1.54) is 23.1 Å². The molecule has 0 aromatic heterocycles. The molecule has 0 fully saturated rings. The summed E-state index contributed by atoms with van der Waals surface area (Å²) in [4.78, 5) is 24.5. The number of hydrogen-bond acceptors (Lipinski definition) is 2. The molecule has 2 N–H and O–H groups in total. The summed E-state index contributed by atoms with van der Waals surface area (Å²) in [7, 11) is 0. The van der Waals surface area contributed by atoms with Crippen LogP contribution in [0.25, 0.3) is 0 Å². The quantitative estimate of drug-likeness (QED) is 0.899. The molecule has 1 aromatic rings. The summed E-state index contributed by atoms with van der Waals surface area (Å²) in [6.07, 6.45) is 0. The van der Waals surface area contributed by atoms with Crippen molar-refractivity contribution in [2.24, 2.45) is 11.7 Å². The lowest BCUT2D eigenvalue weighted by molar-refractivity contribution is -0.118. The third-order valence-electron chi connectivity index (χ3n) is 2.38. The van der Waals surface area contributed by atoms with Crippen LogP contribution in [0.5, 0.6) is 0 Å². The van der Waals surface area contributed by atoms with E-state index < -0.39 is 17.6 Å². The van der Waals surface area contributed by atoms with Crippen molar-refractivity contribution >= 4 is 27.7 Å². The maximum atomic E-state index is 13.7. The van der Waals surface area contributed by atoms with E-state index in [1.807, 2.05) is 13.8 Å². The van der Waals surface area contributed by atoms with Crippen molar-refractivity contribution in [1.29, 1.82) is 0 Å². The molecule has 19 heavy (non-hydrogen) atoms. The Morgan fingerprint density at radius 1 is 1.42 bits per heavy atom. The third-order valence-corrected chi connectivity index (χ3v) is 2.87. The highest BCUT2D eigenvalue weighted by atomic mass is 79.9. The molecule has 1 rings (SSSR count). The first-order chi connectivity index (χ1) is 8.81. The van der Waals surface area contributed by atoms with E-state index in [-0.39, 0.29) is 18.0 Å². The van der Waals surface area contributed by atoms with Crippen molar-refractivity contribution in [3.8, 4) is 0 Å². The highest BCUT2D eigenvalue weighted by molar-refractivity contribution is 9.10. The lowest BCUT2D eigenvalue weighted by Gasteiger charge is -2.23. The molecule has 6 heteroatoms. The Labute approximate surface area is 119 Å². The van der Waals surface area contributed by atoms with E-state index in [0.29, 0.717) is 11.0 Å². The van der Waals surface area contributed by atoms with Gasteiger partial charge in [-0.1, -0.05) is 29.8 Å². The molecular weight excluding hydrogens is 315 g/mol. The van der Waals surface area contributed by atoms with E-state index in [2.05, 4.69) is 15.9 Å². The van der Waals surface area contributed by atoms with Gasteiger partial charge in [0.15, 0.2) is 0 Å². The summed E-state index contributed by atoms with van der Waals surface area (Å²) in [5, 5.41) is 0. The van der Waals surface area contributed by atoms with E-state index in [0.717, 1.165) is 0 Å². The van der Waals surface area contributed by atoms with Crippen molar-refractivity contribution in [2.45, 2.75) is 13.8 Å². The van der Waals surface area contributed by atoms with Gasteiger partial charge in [-0.25, -0.2) is 4.39 Å². The normalized spacial score (nSPS) is 10.6. The summed E-state index contributed by atoms with van der Waals surface area (Å²) >= 11 is 3.19. The van der Waals surface area contributed by atoms with Crippen molar-refractivity contribution in [1.82, 2.24) is 4.90 Å². The molecule has 0 bridgehead atoms. The van der Waals surface area contributed by atoms with Crippen molar-refractivity contribution in [3.63, 3.8) is 0 Å². The van der Waals surface area contributed by atoms with Gasteiger partial charge in [0, 0.05) is 11.0 Å². The minimum absolute atomic E-state index is 0.0729. The fourth-order valence-corrected chi connectivity index (χ4v) is 2.04. The lowest BCUT2D eigenvalue weighted by atomic mass is 10.1. The van der Waals surface area contributed by atoms with Gasteiger partial charge in [-0.2, -0.15) is 0 Å². The topological polar surface area (TPSA) is 63.4 Å². The van der Waals surface area contributed by atoms with Gasteiger partial charge in [-0.15, -0.1) is 0 Å². The highest BCUT2D eigenvalue weighted by Gasteiger charge is 2.21. The first-order valence-corrected chi connectivity index (χ1v) is 6.63. The zero-order valence-corrected chi connectivity index (χ0v) is 12.4. The van der Waals surface area contributed by atoms with Crippen LogP contribution < -0.4 is 5.73 Å². The molecule has 2 amide bonds. The molecule has 0 aliphatic heterocycles. The maximum Gasteiger partial charge on any atom is 0.257 e.